The Hall–Kier alpha value is -2.85. The van der Waals surface area contributed by atoms with E-state index in [4.69, 9.17) is 0 Å². The lowest BCUT2D eigenvalue weighted by atomic mass is 10.3. The van der Waals surface area contributed by atoms with Gasteiger partial charge in [-0.05, 0) is 31.2 Å². The lowest BCUT2D eigenvalue weighted by Crippen LogP contribution is -2.49. The van der Waals surface area contributed by atoms with Crippen LogP contribution < -0.4 is 4.90 Å². The predicted molar refractivity (Wildman–Crippen MR) is 101 cm³/mol. The highest BCUT2D eigenvalue weighted by atomic mass is 32.2. The van der Waals surface area contributed by atoms with Crippen LogP contribution in [0.2, 0.25) is 0 Å². The fraction of sp³-hybridized carbons (Fsp3) is 0.278. The molecule has 0 spiro atoms. The van der Waals surface area contributed by atoms with Crippen LogP contribution in [0.15, 0.2) is 53.8 Å². The standard InChI is InChI=1S/C18H19FN6O2S/c1-14-5-6-25(22-14)18-12-17(20-13-21-18)23-7-9-24(10-8-23)28(26,27)16-4-2-3-15(19)11-16/h2-6,11-13H,7-10H2,1H3. The van der Waals surface area contributed by atoms with Gasteiger partial charge >= 0.3 is 0 Å². The van der Waals surface area contributed by atoms with E-state index >= 15 is 0 Å². The maximum atomic E-state index is 13.4. The molecule has 10 heteroatoms. The average molecular weight is 402 g/mol. The third-order valence-electron chi connectivity index (χ3n) is 4.59. The summed E-state index contributed by atoms with van der Waals surface area (Å²) in [4.78, 5) is 10.5. The summed E-state index contributed by atoms with van der Waals surface area (Å²) in [6, 6.07) is 8.79. The predicted octanol–water partition coefficient (Wildman–Crippen LogP) is 1.62. The molecule has 3 heterocycles. The molecule has 3 aromatic rings. The Labute approximate surface area is 162 Å². The minimum Gasteiger partial charge on any atom is -0.354 e. The van der Waals surface area contributed by atoms with Crippen LogP contribution in [0.5, 0.6) is 0 Å². The van der Waals surface area contributed by atoms with Crippen molar-refractivity contribution in [3.8, 4) is 5.82 Å². The van der Waals surface area contributed by atoms with Crippen molar-refractivity contribution in [3.05, 3.63) is 60.4 Å². The SMILES string of the molecule is Cc1ccn(-c2cc(N3CCN(S(=O)(=O)c4cccc(F)c4)CC3)ncn2)n1. The van der Waals surface area contributed by atoms with E-state index in [2.05, 4.69) is 15.1 Å². The number of nitrogens with zero attached hydrogens (tertiary/aromatic N) is 6. The summed E-state index contributed by atoms with van der Waals surface area (Å²) in [6.07, 6.45) is 3.29. The zero-order valence-electron chi connectivity index (χ0n) is 15.2. The molecule has 0 N–H and O–H groups in total. The van der Waals surface area contributed by atoms with Crippen LogP contribution in [-0.2, 0) is 10.0 Å². The van der Waals surface area contributed by atoms with Gasteiger partial charge in [-0.1, -0.05) is 6.07 Å². The first-order valence-corrected chi connectivity index (χ1v) is 10.2. The van der Waals surface area contributed by atoms with Crippen molar-refractivity contribution in [1.29, 1.82) is 0 Å². The number of halogens is 1. The molecule has 4 rings (SSSR count). The van der Waals surface area contributed by atoms with Crippen LogP contribution in [0.25, 0.3) is 5.82 Å². The second kappa shape index (κ2) is 7.28. The molecule has 0 amide bonds. The number of sulfonamides is 1. The second-order valence-corrected chi connectivity index (χ2v) is 8.42. The van der Waals surface area contributed by atoms with Crippen LogP contribution in [0.4, 0.5) is 10.2 Å². The largest absolute Gasteiger partial charge is 0.354 e. The van der Waals surface area contributed by atoms with Crippen LogP contribution in [0.3, 0.4) is 0 Å². The van der Waals surface area contributed by atoms with Gasteiger partial charge in [-0.3, -0.25) is 0 Å². The summed E-state index contributed by atoms with van der Waals surface area (Å²) in [5, 5.41) is 4.34. The molecule has 146 valence electrons. The highest BCUT2D eigenvalue weighted by molar-refractivity contribution is 7.89. The molecule has 0 atom stereocenters. The van der Waals surface area contributed by atoms with Crippen LogP contribution in [-0.4, -0.2) is 58.7 Å². The number of rotatable bonds is 4. The molecule has 0 aliphatic carbocycles. The number of aromatic nitrogens is 4. The second-order valence-electron chi connectivity index (χ2n) is 6.48. The summed E-state index contributed by atoms with van der Waals surface area (Å²) in [5.41, 5.74) is 0.885. The van der Waals surface area contributed by atoms with E-state index < -0.39 is 15.8 Å². The Morgan fingerprint density at radius 3 is 2.43 bits per heavy atom. The molecule has 1 fully saturated rings. The smallest absolute Gasteiger partial charge is 0.243 e. The van der Waals surface area contributed by atoms with E-state index in [0.717, 1.165) is 11.8 Å². The summed E-state index contributed by atoms with van der Waals surface area (Å²) >= 11 is 0. The minimum atomic E-state index is -3.72. The topological polar surface area (TPSA) is 84.2 Å². The molecule has 0 bridgehead atoms. The van der Waals surface area contributed by atoms with Gasteiger partial charge in [-0.15, -0.1) is 0 Å². The van der Waals surface area contributed by atoms with Crippen molar-refractivity contribution in [2.75, 3.05) is 31.1 Å². The Balaban J connectivity index is 1.49. The van der Waals surface area contributed by atoms with Crippen molar-refractivity contribution < 1.29 is 12.8 Å². The maximum absolute atomic E-state index is 13.4. The van der Waals surface area contributed by atoms with Crippen molar-refractivity contribution in [3.63, 3.8) is 0 Å². The average Bonchev–Trinajstić information content (AvgIpc) is 3.15. The normalized spacial score (nSPS) is 15.7. The molecular formula is C18H19FN6O2S. The summed E-state index contributed by atoms with van der Waals surface area (Å²) < 4.78 is 41.9. The Morgan fingerprint density at radius 1 is 1.00 bits per heavy atom. The van der Waals surface area contributed by atoms with Crippen molar-refractivity contribution in [1.82, 2.24) is 24.1 Å². The number of aryl methyl sites for hydroxylation is 1. The minimum absolute atomic E-state index is 0.0284. The van der Waals surface area contributed by atoms with Gasteiger partial charge < -0.3 is 4.90 Å². The van der Waals surface area contributed by atoms with Crippen molar-refractivity contribution >= 4 is 15.8 Å². The molecule has 0 unspecified atom stereocenters. The van der Waals surface area contributed by atoms with Gasteiger partial charge in [0.2, 0.25) is 10.0 Å². The van der Waals surface area contributed by atoms with Gasteiger partial charge in [-0.2, -0.15) is 9.40 Å². The van der Waals surface area contributed by atoms with Gasteiger partial charge in [0, 0.05) is 38.4 Å². The summed E-state index contributed by atoms with van der Waals surface area (Å²) in [7, 11) is -3.72. The van der Waals surface area contributed by atoms with Crippen molar-refractivity contribution in [2.24, 2.45) is 0 Å². The molecule has 1 aliphatic rings. The zero-order chi connectivity index (χ0) is 19.7. The Morgan fingerprint density at radius 2 is 1.75 bits per heavy atom. The molecule has 1 aliphatic heterocycles. The van der Waals surface area contributed by atoms with Gasteiger partial charge in [0.05, 0.1) is 10.6 Å². The van der Waals surface area contributed by atoms with E-state index in [1.807, 2.05) is 30.2 Å². The highest BCUT2D eigenvalue weighted by Crippen LogP contribution is 2.21. The highest BCUT2D eigenvalue weighted by Gasteiger charge is 2.29. The Bertz CT molecular complexity index is 1090. The molecule has 1 saturated heterocycles. The molecular weight excluding hydrogens is 383 g/mol. The number of piperazine rings is 1. The third-order valence-corrected chi connectivity index (χ3v) is 6.49. The van der Waals surface area contributed by atoms with E-state index in [-0.39, 0.29) is 4.90 Å². The fourth-order valence-electron chi connectivity index (χ4n) is 3.11. The monoisotopic (exact) mass is 402 g/mol. The first-order chi connectivity index (χ1) is 13.4. The lowest BCUT2D eigenvalue weighted by Gasteiger charge is -2.34. The molecule has 8 nitrogen and oxygen atoms in total. The lowest BCUT2D eigenvalue weighted by molar-refractivity contribution is 0.383. The number of benzene rings is 1. The van der Waals surface area contributed by atoms with E-state index in [9.17, 15) is 12.8 Å². The number of hydrogen-bond donors (Lipinski definition) is 0. The van der Waals surface area contributed by atoms with Gasteiger partial charge in [-0.25, -0.2) is 27.5 Å². The third kappa shape index (κ3) is 3.60. The van der Waals surface area contributed by atoms with Gasteiger partial charge in [0.25, 0.3) is 0 Å². The molecule has 28 heavy (non-hydrogen) atoms. The van der Waals surface area contributed by atoms with E-state index in [0.29, 0.717) is 37.8 Å². The van der Waals surface area contributed by atoms with Gasteiger partial charge in [0.1, 0.15) is 18.0 Å². The van der Waals surface area contributed by atoms with Crippen LogP contribution in [0, 0.1) is 12.7 Å². The molecule has 2 aromatic heterocycles. The van der Waals surface area contributed by atoms with Crippen LogP contribution >= 0.6 is 0 Å². The fourth-order valence-corrected chi connectivity index (χ4v) is 4.57. The maximum Gasteiger partial charge on any atom is 0.243 e. The van der Waals surface area contributed by atoms with Crippen LogP contribution in [0.1, 0.15) is 5.69 Å². The zero-order valence-corrected chi connectivity index (χ0v) is 16.0. The quantitative estimate of drug-likeness (QED) is 0.659. The Kier molecular flexibility index (Phi) is 4.82. The first kappa shape index (κ1) is 18.5. The van der Waals surface area contributed by atoms with Gasteiger partial charge in [0.15, 0.2) is 5.82 Å². The number of hydrogen-bond acceptors (Lipinski definition) is 6. The van der Waals surface area contributed by atoms with Crippen molar-refractivity contribution in [2.45, 2.75) is 11.8 Å². The van der Waals surface area contributed by atoms with E-state index in [1.165, 1.54) is 28.8 Å². The summed E-state index contributed by atoms with van der Waals surface area (Å²) in [5.74, 6) is 0.788. The molecule has 0 saturated carbocycles. The molecule has 0 radical (unpaired) electrons. The first-order valence-electron chi connectivity index (χ1n) is 8.79. The number of anilines is 1. The summed E-state index contributed by atoms with van der Waals surface area (Å²) in [6.45, 7) is 3.43. The molecule has 1 aromatic carbocycles. The van der Waals surface area contributed by atoms with E-state index in [1.54, 1.807) is 4.68 Å².